The molecule has 7 nitrogen and oxygen atoms in total. The number of rotatable bonds is 3. The van der Waals surface area contributed by atoms with Gasteiger partial charge in [-0.05, 0) is 25.1 Å². The molecule has 1 aromatic carbocycles. The van der Waals surface area contributed by atoms with Gasteiger partial charge < -0.3 is 5.21 Å². The molecule has 1 unspecified atom stereocenters. The van der Waals surface area contributed by atoms with Gasteiger partial charge in [0.1, 0.15) is 12.7 Å². The molecule has 0 amide bonds. The van der Waals surface area contributed by atoms with Gasteiger partial charge >= 0.3 is 0 Å². The number of nitro benzene ring substituents is 1. The van der Waals surface area contributed by atoms with Gasteiger partial charge in [0.15, 0.2) is 0 Å². The molecule has 0 aliphatic carbocycles. The Hall–Kier alpha value is -2.29. The Balaban J connectivity index is 2.53. The lowest BCUT2D eigenvalue weighted by Gasteiger charge is -2.37. The van der Waals surface area contributed by atoms with Crippen LogP contribution >= 0.6 is 0 Å². The molecule has 110 valence electrons. The van der Waals surface area contributed by atoms with Crippen LogP contribution in [0.4, 0.5) is 5.69 Å². The fourth-order valence-electron chi connectivity index (χ4n) is 2.11. The minimum Gasteiger partial charge on any atom is -0.621 e. The van der Waals surface area contributed by atoms with Crippen LogP contribution in [0.3, 0.4) is 0 Å². The molecule has 8 heteroatoms. The normalized spacial score (nSPS) is 20.6. The predicted octanol–water partition coefficient (Wildman–Crippen LogP) is 1.81. The maximum atomic E-state index is 12.7. The summed E-state index contributed by atoms with van der Waals surface area (Å²) >= 11 is 0. The maximum absolute atomic E-state index is 12.7. The Labute approximate surface area is 122 Å². The van der Waals surface area contributed by atoms with Gasteiger partial charge in [-0.3, -0.25) is 14.8 Å². The number of quaternary nitrogens is 1. The molecule has 21 heavy (non-hydrogen) atoms. The summed E-state index contributed by atoms with van der Waals surface area (Å²) in [5.41, 5.74) is 0.745. The minimum absolute atomic E-state index is 0.193. The van der Waals surface area contributed by atoms with E-state index in [9.17, 15) is 23.7 Å². The van der Waals surface area contributed by atoms with Gasteiger partial charge in [-0.2, -0.15) is 8.42 Å². The molecule has 1 aromatic rings. The molecule has 0 radical (unpaired) electrons. The SMILES string of the molecule is Cc1ccc([N+](=O)[O-])c(C[N+]2([O-])C=CC=CC2=S(=O)=O)c1. The number of nitrogens with zero attached hydrogens (tertiary/aromatic N) is 2. The molecule has 0 saturated heterocycles. The van der Waals surface area contributed by atoms with E-state index in [1.165, 1.54) is 30.4 Å². The summed E-state index contributed by atoms with van der Waals surface area (Å²) in [5.74, 6) is 0. The molecule has 1 atom stereocenters. The average Bonchev–Trinajstić information content (AvgIpc) is 2.37. The van der Waals surface area contributed by atoms with Crippen molar-refractivity contribution in [3.63, 3.8) is 0 Å². The van der Waals surface area contributed by atoms with Crippen molar-refractivity contribution in [2.75, 3.05) is 0 Å². The summed E-state index contributed by atoms with van der Waals surface area (Å²) in [5, 5.41) is 23.7. The van der Waals surface area contributed by atoms with Gasteiger partial charge in [-0.25, -0.2) is 0 Å². The highest BCUT2D eigenvalue weighted by atomic mass is 32.2. The van der Waals surface area contributed by atoms with E-state index < -0.39 is 19.9 Å². The van der Waals surface area contributed by atoms with Crippen LogP contribution in [0.5, 0.6) is 0 Å². The third-order valence-corrected chi connectivity index (χ3v) is 3.84. The van der Waals surface area contributed by atoms with Crippen LogP contribution in [-0.2, 0) is 16.8 Å². The molecule has 1 heterocycles. The van der Waals surface area contributed by atoms with Crippen LogP contribution in [0, 0.1) is 22.2 Å². The van der Waals surface area contributed by atoms with Crippen LogP contribution in [0.15, 0.2) is 42.6 Å². The predicted molar refractivity (Wildman–Crippen MR) is 77.4 cm³/mol. The average molecular weight is 308 g/mol. The number of nitro groups is 1. The monoisotopic (exact) mass is 308 g/mol. The van der Waals surface area contributed by atoms with Crippen molar-refractivity contribution in [3.05, 3.63) is 69.1 Å². The minimum atomic E-state index is -2.70. The molecular formula is C13H12N2O5S. The van der Waals surface area contributed by atoms with E-state index in [1.54, 1.807) is 13.0 Å². The Morgan fingerprint density at radius 2 is 2.00 bits per heavy atom. The first-order chi connectivity index (χ1) is 9.83. The van der Waals surface area contributed by atoms with Crippen LogP contribution in [0.25, 0.3) is 0 Å². The molecule has 0 fully saturated rings. The number of hydrogen-bond donors (Lipinski definition) is 0. The molecule has 0 N–H and O–H groups in total. The summed E-state index contributed by atoms with van der Waals surface area (Å²) in [6.45, 7) is 1.38. The number of hydroxylamine groups is 3. The highest BCUT2D eigenvalue weighted by Crippen LogP contribution is 2.26. The van der Waals surface area contributed by atoms with E-state index in [0.717, 1.165) is 11.8 Å². The van der Waals surface area contributed by atoms with Crippen molar-refractivity contribution in [2.24, 2.45) is 0 Å². The Morgan fingerprint density at radius 3 is 2.62 bits per heavy atom. The summed E-state index contributed by atoms with van der Waals surface area (Å²) < 4.78 is 21.1. The number of benzene rings is 1. The first-order valence-corrected chi connectivity index (χ1v) is 7.06. The molecule has 0 spiro atoms. The largest absolute Gasteiger partial charge is 0.621 e. The van der Waals surface area contributed by atoms with Gasteiger partial charge in [-0.15, -0.1) is 0 Å². The van der Waals surface area contributed by atoms with Crippen LogP contribution < -0.4 is 0 Å². The van der Waals surface area contributed by atoms with E-state index in [0.29, 0.717) is 0 Å². The third-order valence-electron chi connectivity index (χ3n) is 3.06. The highest BCUT2D eigenvalue weighted by molar-refractivity contribution is 7.72. The van der Waals surface area contributed by atoms with Gasteiger partial charge in [0, 0.05) is 12.1 Å². The Bertz CT molecular complexity index is 787. The van der Waals surface area contributed by atoms with Crippen molar-refractivity contribution in [3.8, 4) is 0 Å². The zero-order chi connectivity index (χ0) is 15.6. The van der Waals surface area contributed by atoms with Gasteiger partial charge in [0.2, 0.25) is 0 Å². The quantitative estimate of drug-likeness (QED) is 0.279. The lowest BCUT2D eigenvalue weighted by molar-refractivity contribution is -0.745. The van der Waals surface area contributed by atoms with Crippen molar-refractivity contribution in [1.29, 1.82) is 0 Å². The summed E-state index contributed by atoms with van der Waals surface area (Å²) in [6, 6.07) is 4.40. The van der Waals surface area contributed by atoms with Crippen molar-refractivity contribution < 1.29 is 18.0 Å². The van der Waals surface area contributed by atoms with Gasteiger partial charge in [-0.1, -0.05) is 11.6 Å². The second-order valence-electron chi connectivity index (χ2n) is 4.62. The molecule has 0 aromatic heterocycles. The zero-order valence-corrected chi connectivity index (χ0v) is 11.9. The lowest BCUT2D eigenvalue weighted by atomic mass is 10.1. The molecule has 1 aliphatic rings. The highest BCUT2D eigenvalue weighted by Gasteiger charge is 2.28. The molecule has 0 saturated carbocycles. The van der Waals surface area contributed by atoms with Crippen molar-refractivity contribution >= 4 is 21.0 Å². The van der Waals surface area contributed by atoms with Gasteiger partial charge in [0.05, 0.1) is 10.5 Å². The zero-order valence-electron chi connectivity index (χ0n) is 11.1. The first-order valence-electron chi connectivity index (χ1n) is 5.99. The fraction of sp³-hybridized carbons (Fsp3) is 0.154. The number of hydrogen-bond acceptors (Lipinski definition) is 5. The maximum Gasteiger partial charge on any atom is 0.278 e. The molecule has 2 rings (SSSR count). The number of allylic oxidation sites excluding steroid dienone is 2. The second kappa shape index (κ2) is 5.60. The van der Waals surface area contributed by atoms with E-state index >= 15 is 0 Å². The Kier molecular flexibility index (Phi) is 4.03. The van der Waals surface area contributed by atoms with E-state index in [2.05, 4.69) is 0 Å². The summed E-state index contributed by atoms with van der Waals surface area (Å²) in [4.78, 5) is 10.1. The number of aryl methyl sites for hydroxylation is 1. The van der Waals surface area contributed by atoms with Gasteiger partial charge in [0.25, 0.3) is 21.0 Å². The van der Waals surface area contributed by atoms with Crippen LogP contribution in [-0.4, -0.2) is 23.0 Å². The Morgan fingerprint density at radius 1 is 1.29 bits per heavy atom. The standard InChI is InChI=1S/C13H12N2O5S/c1-10-5-6-12(14(16)17)11(8-10)9-15(18)7-3-2-4-13(15)21(19)20/h2-8H,9H2,1H3. The third kappa shape index (κ3) is 3.07. The van der Waals surface area contributed by atoms with Crippen molar-refractivity contribution in [1.82, 2.24) is 0 Å². The lowest BCUT2D eigenvalue weighted by Crippen LogP contribution is -2.42. The van der Waals surface area contributed by atoms with Crippen LogP contribution in [0.1, 0.15) is 11.1 Å². The molecule has 0 bridgehead atoms. The second-order valence-corrected chi connectivity index (χ2v) is 5.50. The smallest absolute Gasteiger partial charge is 0.278 e. The molecule has 1 aliphatic heterocycles. The van der Waals surface area contributed by atoms with E-state index in [-0.39, 0.29) is 22.8 Å². The van der Waals surface area contributed by atoms with Crippen molar-refractivity contribution in [2.45, 2.75) is 13.5 Å². The van der Waals surface area contributed by atoms with E-state index in [4.69, 9.17) is 0 Å². The molecular weight excluding hydrogens is 296 g/mol. The fourth-order valence-corrected chi connectivity index (χ4v) is 2.68. The van der Waals surface area contributed by atoms with Crippen LogP contribution in [0.2, 0.25) is 0 Å². The summed E-state index contributed by atoms with van der Waals surface area (Å²) in [7, 11) is -2.70. The topological polar surface area (TPSA) is 100 Å². The first kappa shape index (κ1) is 15.1. The van der Waals surface area contributed by atoms with E-state index in [1.807, 2.05) is 0 Å². The summed E-state index contributed by atoms with van der Waals surface area (Å²) in [6.07, 6.45) is 5.20.